The fourth-order valence-corrected chi connectivity index (χ4v) is 2.83. The topological polar surface area (TPSA) is 69.6 Å². The number of carbonyl (C=O) groups is 2. The van der Waals surface area contributed by atoms with Gasteiger partial charge in [0.1, 0.15) is 0 Å². The molecule has 1 aliphatic carbocycles. The summed E-state index contributed by atoms with van der Waals surface area (Å²) in [6.07, 6.45) is 4.46. The predicted molar refractivity (Wildman–Crippen MR) is 82.7 cm³/mol. The lowest BCUT2D eigenvalue weighted by Crippen LogP contribution is -2.45. The molecule has 1 saturated carbocycles. The molecule has 0 aromatic carbocycles. The van der Waals surface area contributed by atoms with Gasteiger partial charge >= 0.3 is 0 Å². The highest BCUT2D eigenvalue weighted by molar-refractivity contribution is 5.81. The Bertz CT molecular complexity index is 357. The SMILES string of the molecule is CCN(CC(C)(C)O)C(=O)CC(C)NC(=O)C1CCCC1. The zero-order chi connectivity index (χ0) is 16.0. The highest BCUT2D eigenvalue weighted by Gasteiger charge is 2.26. The predicted octanol–water partition coefficient (Wildman–Crippen LogP) is 1.69. The summed E-state index contributed by atoms with van der Waals surface area (Å²) in [5.74, 6) is 0.179. The van der Waals surface area contributed by atoms with Gasteiger partial charge in [0, 0.05) is 31.5 Å². The van der Waals surface area contributed by atoms with Crippen molar-refractivity contribution in [3.05, 3.63) is 0 Å². The van der Waals surface area contributed by atoms with Gasteiger partial charge in [-0.25, -0.2) is 0 Å². The summed E-state index contributed by atoms with van der Waals surface area (Å²) in [5.41, 5.74) is -0.901. The Morgan fingerprint density at radius 2 is 1.90 bits per heavy atom. The smallest absolute Gasteiger partial charge is 0.224 e. The summed E-state index contributed by atoms with van der Waals surface area (Å²) < 4.78 is 0. The van der Waals surface area contributed by atoms with Crippen LogP contribution in [0.15, 0.2) is 0 Å². The van der Waals surface area contributed by atoms with Crippen LogP contribution in [-0.2, 0) is 9.59 Å². The summed E-state index contributed by atoms with van der Waals surface area (Å²) >= 11 is 0. The summed E-state index contributed by atoms with van der Waals surface area (Å²) in [4.78, 5) is 25.9. The van der Waals surface area contributed by atoms with Crippen LogP contribution in [-0.4, -0.2) is 46.6 Å². The van der Waals surface area contributed by atoms with E-state index < -0.39 is 5.60 Å². The zero-order valence-corrected chi connectivity index (χ0v) is 13.8. The van der Waals surface area contributed by atoms with Crippen LogP contribution < -0.4 is 5.32 Å². The third kappa shape index (κ3) is 6.46. The quantitative estimate of drug-likeness (QED) is 0.751. The van der Waals surface area contributed by atoms with Gasteiger partial charge in [-0.15, -0.1) is 0 Å². The molecular formula is C16H30N2O3. The minimum Gasteiger partial charge on any atom is -0.389 e. The fourth-order valence-electron chi connectivity index (χ4n) is 2.83. The Hall–Kier alpha value is -1.10. The molecule has 1 aliphatic rings. The van der Waals surface area contributed by atoms with Crippen molar-refractivity contribution in [3.8, 4) is 0 Å². The number of amides is 2. The lowest BCUT2D eigenvalue weighted by atomic mass is 10.1. The van der Waals surface area contributed by atoms with E-state index in [4.69, 9.17) is 0 Å². The molecule has 0 aromatic rings. The Labute approximate surface area is 128 Å². The second-order valence-corrected chi connectivity index (χ2v) is 6.82. The van der Waals surface area contributed by atoms with Crippen LogP contribution >= 0.6 is 0 Å². The fraction of sp³-hybridized carbons (Fsp3) is 0.875. The van der Waals surface area contributed by atoms with Gasteiger partial charge in [0.2, 0.25) is 11.8 Å². The normalized spacial score (nSPS) is 17.6. The lowest BCUT2D eigenvalue weighted by molar-refractivity contribution is -0.134. The van der Waals surface area contributed by atoms with Crippen LogP contribution in [0.1, 0.15) is 59.8 Å². The van der Waals surface area contributed by atoms with Crippen molar-refractivity contribution in [1.82, 2.24) is 10.2 Å². The Morgan fingerprint density at radius 3 is 2.38 bits per heavy atom. The first-order chi connectivity index (χ1) is 9.73. The molecule has 0 heterocycles. The molecule has 5 heteroatoms. The lowest BCUT2D eigenvalue weighted by Gasteiger charge is -2.29. The number of nitrogens with one attached hydrogen (secondary N) is 1. The molecule has 21 heavy (non-hydrogen) atoms. The van der Waals surface area contributed by atoms with E-state index in [-0.39, 0.29) is 30.2 Å². The number of nitrogens with zero attached hydrogens (tertiary/aromatic N) is 1. The van der Waals surface area contributed by atoms with Crippen LogP contribution in [0.5, 0.6) is 0 Å². The van der Waals surface area contributed by atoms with Gasteiger partial charge in [0.25, 0.3) is 0 Å². The highest BCUT2D eigenvalue weighted by Crippen LogP contribution is 2.24. The molecule has 1 unspecified atom stereocenters. The second-order valence-electron chi connectivity index (χ2n) is 6.82. The first-order valence-electron chi connectivity index (χ1n) is 8.03. The van der Waals surface area contributed by atoms with E-state index in [1.165, 1.54) is 0 Å². The van der Waals surface area contributed by atoms with Crippen LogP contribution in [0, 0.1) is 5.92 Å². The number of hydrogen-bond donors (Lipinski definition) is 2. The molecule has 0 aliphatic heterocycles. The van der Waals surface area contributed by atoms with Gasteiger partial charge in [0.15, 0.2) is 0 Å². The van der Waals surface area contributed by atoms with Crippen molar-refractivity contribution < 1.29 is 14.7 Å². The van der Waals surface area contributed by atoms with Crippen LogP contribution in [0.3, 0.4) is 0 Å². The Balaban J connectivity index is 2.42. The summed E-state index contributed by atoms with van der Waals surface area (Å²) in [7, 11) is 0. The molecule has 5 nitrogen and oxygen atoms in total. The third-order valence-corrected chi connectivity index (χ3v) is 3.91. The van der Waals surface area contributed by atoms with Crippen LogP contribution in [0.25, 0.3) is 0 Å². The maximum absolute atomic E-state index is 12.2. The van der Waals surface area contributed by atoms with E-state index in [0.29, 0.717) is 13.1 Å². The summed E-state index contributed by atoms with van der Waals surface area (Å²) in [6, 6.07) is -0.165. The van der Waals surface area contributed by atoms with Gasteiger partial charge < -0.3 is 15.3 Å². The van der Waals surface area contributed by atoms with E-state index in [2.05, 4.69) is 5.32 Å². The molecule has 2 amide bonds. The van der Waals surface area contributed by atoms with Crippen LogP contribution in [0.4, 0.5) is 0 Å². The maximum atomic E-state index is 12.2. The molecule has 122 valence electrons. The molecule has 1 rings (SSSR count). The van der Waals surface area contributed by atoms with E-state index in [1.54, 1.807) is 18.7 Å². The number of likely N-dealkylation sites (N-methyl/N-ethyl adjacent to an activating group) is 1. The van der Waals surface area contributed by atoms with E-state index in [9.17, 15) is 14.7 Å². The van der Waals surface area contributed by atoms with Gasteiger partial charge in [-0.05, 0) is 40.5 Å². The standard InChI is InChI=1S/C16H30N2O3/c1-5-18(11-16(3,4)21)14(19)10-12(2)17-15(20)13-8-6-7-9-13/h12-13,21H,5-11H2,1-4H3,(H,17,20). The summed E-state index contributed by atoms with van der Waals surface area (Å²) in [5, 5.41) is 12.8. The van der Waals surface area contributed by atoms with E-state index in [1.807, 2.05) is 13.8 Å². The minimum absolute atomic E-state index is 0.0288. The van der Waals surface area contributed by atoms with Crippen molar-refractivity contribution in [1.29, 1.82) is 0 Å². The first-order valence-corrected chi connectivity index (χ1v) is 8.03. The average molecular weight is 298 g/mol. The van der Waals surface area contributed by atoms with Gasteiger partial charge in [-0.3, -0.25) is 9.59 Å². The van der Waals surface area contributed by atoms with Crippen molar-refractivity contribution >= 4 is 11.8 Å². The molecule has 0 bridgehead atoms. The number of hydrogen-bond acceptors (Lipinski definition) is 3. The van der Waals surface area contributed by atoms with Crippen molar-refractivity contribution in [2.45, 2.75) is 71.4 Å². The second kappa shape index (κ2) is 7.78. The molecule has 0 spiro atoms. The number of carbonyl (C=O) groups excluding carboxylic acids is 2. The van der Waals surface area contributed by atoms with Gasteiger partial charge in [-0.2, -0.15) is 0 Å². The van der Waals surface area contributed by atoms with Crippen molar-refractivity contribution in [2.75, 3.05) is 13.1 Å². The molecular weight excluding hydrogens is 268 g/mol. The monoisotopic (exact) mass is 298 g/mol. The van der Waals surface area contributed by atoms with Crippen molar-refractivity contribution in [3.63, 3.8) is 0 Å². The van der Waals surface area contributed by atoms with Gasteiger partial charge in [0.05, 0.1) is 5.60 Å². The van der Waals surface area contributed by atoms with Crippen molar-refractivity contribution in [2.24, 2.45) is 5.92 Å². The largest absolute Gasteiger partial charge is 0.389 e. The first kappa shape index (κ1) is 18.0. The molecule has 0 radical (unpaired) electrons. The highest BCUT2D eigenvalue weighted by atomic mass is 16.3. The zero-order valence-electron chi connectivity index (χ0n) is 13.8. The van der Waals surface area contributed by atoms with Crippen LogP contribution in [0.2, 0.25) is 0 Å². The Morgan fingerprint density at radius 1 is 1.33 bits per heavy atom. The molecule has 1 atom stereocenters. The van der Waals surface area contributed by atoms with Gasteiger partial charge in [-0.1, -0.05) is 12.8 Å². The number of rotatable bonds is 7. The average Bonchev–Trinajstić information content (AvgIpc) is 2.88. The molecule has 1 fully saturated rings. The van der Waals surface area contributed by atoms with E-state index in [0.717, 1.165) is 25.7 Å². The Kier molecular flexibility index (Phi) is 6.65. The summed E-state index contributed by atoms with van der Waals surface area (Å²) in [6.45, 7) is 8.01. The minimum atomic E-state index is -0.901. The maximum Gasteiger partial charge on any atom is 0.224 e. The molecule has 0 aromatic heterocycles. The molecule has 0 saturated heterocycles. The third-order valence-electron chi connectivity index (χ3n) is 3.91. The van der Waals surface area contributed by atoms with E-state index >= 15 is 0 Å². The number of aliphatic hydroxyl groups is 1. The molecule has 2 N–H and O–H groups in total.